The summed E-state index contributed by atoms with van der Waals surface area (Å²) in [5.41, 5.74) is 5.64. The number of amides is 1. The smallest absolute Gasteiger partial charge is 0.225 e. The van der Waals surface area contributed by atoms with Gasteiger partial charge >= 0.3 is 0 Å². The van der Waals surface area contributed by atoms with Gasteiger partial charge < -0.3 is 15.7 Å². The Morgan fingerprint density at radius 3 is 2.79 bits per heavy atom. The average molecular weight is 268 g/mol. The van der Waals surface area contributed by atoms with Gasteiger partial charge in [-0.15, -0.1) is 0 Å². The van der Waals surface area contributed by atoms with Crippen molar-refractivity contribution in [2.45, 2.75) is 44.9 Å². The second kappa shape index (κ2) is 7.25. The molecule has 0 aromatic heterocycles. The van der Waals surface area contributed by atoms with E-state index in [2.05, 4.69) is 0 Å². The van der Waals surface area contributed by atoms with Crippen molar-refractivity contribution in [1.29, 1.82) is 0 Å². The van der Waals surface area contributed by atoms with E-state index in [9.17, 15) is 4.79 Å². The summed E-state index contributed by atoms with van der Waals surface area (Å²) >= 11 is 0. The summed E-state index contributed by atoms with van der Waals surface area (Å²) in [6, 6.07) is 0. The normalized spacial score (nSPS) is 31.7. The van der Waals surface area contributed by atoms with Crippen molar-refractivity contribution in [3.63, 3.8) is 0 Å². The molecule has 2 fully saturated rings. The van der Waals surface area contributed by atoms with Gasteiger partial charge in [0.2, 0.25) is 5.91 Å². The third-order valence-corrected chi connectivity index (χ3v) is 4.84. The molecule has 0 spiro atoms. The van der Waals surface area contributed by atoms with Gasteiger partial charge in [0.15, 0.2) is 0 Å². The summed E-state index contributed by atoms with van der Waals surface area (Å²) in [5, 5.41) is 8.98. The fourth-order valence-electron chi connectivity index (χ4n) is 3.72. The van der Waals surface area contributed by atoms with Crippen LogP contribution >= 0.6 is 0 Å². The number of hydrogen-bond donors (Lipinski definition) is 2. The SMILES string of the molecule is NCCC1CCCC(C(=O)N2CCC(CCO)C2)C1. The quantitative estimate of drug-likeness (QED) is 0.791. The van der Waals surface area contributed by atoms with E-state index >= 15 is 0 Å². The molecule has 2 aliphatic rings. The molecule has 110 valence electrons. The van der Waals surface area contributed by atoms with Crippen LogP contribution in [0.2, 0.25) is 0 Å². The van der Waals surface area contributed by atoms with Crippen molar-refractivity contribution in [2.24, 2.45) is 23.5 Å². The molecule has 19 heavy (non-hydrogen) atoms. The summed E-state index contributed by atoms with van der Waals surface area (Å²) in [7, 11) is 0. The van der Waals surface area contributed by atoms with Crippen LogP contribution in [0, 0.1) is 17.8 Å². The molecular formula is C15H28N2O2. The fraction of sp³-hybridized carbons (Fsp3) is 0.933. The fourth-order valence-corrected chi connectivity index (χ4v) is 3.72. The topological polar surface area (TPSA) is 66.6 Å². The van der Waals surface area contributed by atoms with E-state index in [1.165, 1.54) is 12.8 Å². The zero-order valence-electron chi connectivity index (χ0n) is 11.9. The molecule has 1 amide bonds. The minimum atomic E-state index is 0.234. The Hall–Kier alpha value is -0.610. The first-order valence-corrected chi connectivity index (χ1v) is 7.84. The number of carbonyl (C=O) groups is 1. The van der Waals surface area contributed by atoms with Crippen LogP contribution in [0.1, 0.15) is 44.9 Å². The molecule has 4 nitrogen and oxygen atoms in total. The van der Waals surface area contributed by atoms with Crippen LogP contribution in [0.15, 0.2) is 0 Å². The standard InChI is InChI=1S/C15H28N2O2/c16-7-4-12-2-1-3-14(10-12)15(19)17-8-5-13(11-17)6-9-18/h12-14,18H,1-11,16H2. The Kier molecular flexibility index (Phi) is 5.64. The maximum absolute atomic E-state index is 12.5. The number of aliphatic hydroxyl groups excluding tert-OH is 1. The molecule has 1 aliphatic carbocycles. The molecule has 1 heterocycles. The third-order valence-electron chi connectivity index (χ3n) is 4.84. The molecule has 0 aromatic rings. The zero-order valence-corrected chi connectivity index (χ0v) is 11.9. The lowest BCUT2D eigenvalue weighted by atomic mass is 9.79. The van der Waals surface area contributed by atoms with Crippen molar-refractivity contribution < 1.29 is 9.90 Å². The molecule has 1 saturated heterocycles. The first-order valence-electron chi connectivity index (χ1n) is 7.84. The highest BCUT2D eigenvalue weighted by molar-refractivity contribution is 5.79. The Labute approximate surface area is 116 Å². The molecular weight excluding hydrogens is 240 g/mol. The number of rotatable bonds is 5. The lowest BCUT2D eigenvalue weighted by Crippen LogP contribution is -2.37. The highest BCUT2D eigenvalue weighted by Gasteiger charge is 2.33. The van der Waals surface area contributed by atoms with Gasteiger partial charge in [-0.2, -0.15) is 0 Å². The number of nitrogens with two attached hydrogens (primary N) is 1. The average Bonchev–Trinajstić information content (AvgIpc) is 2.88. The number of nitrogens with zero attached hydrogens (tertiary/aromatic N) is 1. The van der Waals surface area contributed by atoms with Gasteiger partial charge in [-0.25, -0.2) is 0 Å². The van der Waals surface area contributed by atoms with E-state index in [1.54, 1.807) is 0 Å². The maximum atomic E-state index is 12.5. The van der Waals surface area contributed by atoms with E-state index in [4.69, 9.17) is 10.8 Å². The molecule has 3 N–H and O–H groups in total. The van der Waals surface area contributed by atoms with Gasteiger partial charge in [-0.1, -0.05) is 12.8 Å². The molecule has 1 aliphatic heterocycles. The summed E-state index contributed by atoms with van der Waals surface area (Å²) in [6.45, 7) is 2.74. The van der Waals surface area contributed by atoms with Crippen LogP contribution in [0.3, 0.4) is 0 Å². The van der Waals surface area contributed by atoms with Gasteiger partial charge in [-0.05, 0) is 50.5 Å². The first kappa shape index (κ1) is 14.8. The monoisotopic (exact) mass is 268 g/mol. The highest BCUT2D eigenvalue weighted by atomic mass is 16.3. The highest BCUT2D eigenvalue weighted by Crippen LogP contribution is 2.33. The molecule has 3 atom stereocenters. The Morgan fingerprint density at radius 1 is 1.21 bits per heavy atom. The molecule has 2 rings (SSSR count). The van der Waals surface area contributed by atoms with E-state index in [0.717, 1.165) is 51.7 Å². The lowest BCUT2D eigenvalue weighted by molar-refractivity contribution is -0.136. The van der Waals surface area contributed by atoms with Crippen molar-refractivity contribution in [3.05, 3.63) is 0 Å². The number of hydrogen-bond acceptors (Lipinski definition) is 3. The van der Waals surface area contributed by atoms with Crippen LogP contribution in [-0.4, -0.2) is 42.2 Å². The van der Waals surface area contributed by atoms with Crippen molar-refractivity contribution >= 4 is 5.91 Å². The molecule has 0 aromatic carbocycles. The maximum Gasteiger partial charge on any atom is 0.225 e. The molecule has 1 saturated carbocycles. The van der Waals surface area contributed by atoms with Gasteiger partial charge in [0, 0.05) is 25.6 Å². The second-order valence-corrected chi connectivity index (χ2v) is 6.26. The van der Waals surface area contributed by atoms with Crippen LogP contribution in [0.25, 0.3) is 0 Å². The molecule has 4 heteroatoms. The predicted octanol–water partition coefficient (Wildman–Crippen LogP) is 1.37. The van der Waals surface area contributed by atoms with Crippen LogP contribution < -0.4 is 5.73 Å². The van der Waals surface area contributed by atoms with E-state index in [-0.39, 0.29) is 12.5 Å². The minimum absolute atomic E-state index is 0.234. The molecule has 3 unspecified atom stereocenters. The van der Waals surface area contributed by atoms with Crippen LogP contribution in [0.4, 0.5) is 0 Å². The Bertz CT molecular complexity index is 294. The van der Waals surface area contributed by atoms with Gasteiger partial charge in [0.25, 0.3) is 0 Å². The number of aliphatic hydroxyl groups is 1. The third kappa shape index (κ3) is 3.93. The van der Waals surface area contributed by atoms with E-state index < -0.39 is 0 Å². The van der Waals surface area contributed by atoms with Crippen molar-refractivity contribution in [2.75, 3.05) is 26.2 Å². The van der Waals surface area contributed by atoms with Gasteiger partial charge in [0.1, 0.15) is 0 Å². The van der Waals surface area contributed by atoms with Crippen LogP contribution in [0.5, 0.6) is 0 Å². The van der Waals surface area contributed by atoms with E-state index in [1.807, 2.05) is 4.90 Å². The van der Waals surface area contributed by atoms with Crippen LogP contribution in [-0.2, 0) is 4.79 Å². The Morgan fingerprint density at radius 2 is 2.05 bits per heavy atom. The zero-order chi connectivity index (χ0) is 13.7. The van der Waals surface area contributed by atoms with E-state index in [0.29, 0.717) is 17.7 Å². The summed E-state index contributed by atoms with van der Waals surface area (Å²) in [4.78, 5) is 14.6. The summed E-state index contributed by atoms with van der Waals surface area (Å²) in [5.74, 6) is 1.77. The lowest BCUT2D eigenvalue weighted by Gasteiger charge is -2.31. The largest absolute Gasteiger partial charge is 0.396 e. The summed E-state index contributed by atoms with van der Waals surface area (Å²) < 4.78 is 0. The number of carbonyl (C=O) groups excluding carboxylic acids is 1. The summed E-state index contributed by atoms with van der Waals surface area (Å²) in [6.07, 6.45) is 7.48. The minimum Gasteiger partial charge on any atom is -0.396 e. The predicted molar refractivity (Wildman–Crippen MR) is 75.5 cm³/mol. The molecule has 0 bridgehead atoms. The van der Waals surface area contributed by atoms with Gasteiger partial charge in [0.05, 0.1) is 0 Å². The second-order valence-electron chi connectivity index (χ2n) is 6.26. The van der Waals surface area contributed by atoms with Crippen molar-refractivity contribution in [3.8, 4) is 0 Å². The number of likely N-dealkylation sites (tertiary alicyclic amines) is 1. The first-order chi connectivity index (χ1) is 9.24. The van der Waals surface area contributed by atoms with Gasteiger partial charge in [-0.3, -0.25) is 4.79 Å². The molecule has 0 radical (unpaired) electrons. The Balaban J connectivity index is 1.82. The van der Waals surface area contributed by atoms with Crippen molar-refractivity contribution in [1.82, 2.24) is 4.90 Å².